The third kappa shape index (κ3) is 5.67. The fraction of sp³-hybridized carbons (Fsp3) is 0.261. The molecule has 0 saturated carbocycles. The van der Waals surface area contributed by atoms with E-state index in [0.29, 0.717) is 22.0 Å². The third-order valence-corrected chi connectivity index (χ3v) is 5.29. The molecule has 0 unspecified atom stereocenters. The van der Waals surface area contributed by atoms with Gasteiger partial charge in [-0.25, -0.2) is 0 Å². The quantitative estimate of drug-likeness (QED) is 0.626. The Morgan fingerprint density at radius 3 is 2.55 bits per heavy atom. The van der Waals surface area contributed by atoms with Crippen LogP contribution in [0.5, 0.6) is 11.5 Å². The molecule has 1 fully saturated rings. The van der Waals surface area contributed by atoms with E-state index < -0.39 is 0 Å². The van der Waals surface area contributed by atoms with Crippen LogP contribution in [-0.4, -0.2) is 48.3 Å². The highest BCUT2D eigenvalue weighted by Gasteiger charge is 2.34. The second-order valence-electron chi connectivity index (χ2n) is 7.03. The van der Waals surface area contributed by atoms with Crippen molar-refractivity contribution in [2.75, 3.05) is 20.2 Å². The molecule has 0 aliphatic carbocycles. The molecule has 3 rings (SSSR count). The van der Waals surface area contributed by atoms with E-state index >= 15 is 0 Å². The van der Waals surface area contributed by atoms with Gasteiger partial charge in [0.25, 0.3) is 17.1 Å². The number of hydrogen-bond acceptors (Lipinski definition) is 6. The zero-order valence-corrected chi connectivity index (χ0v) is 18.4. The van der Waals surface area contributed by atoms with Crippen molar-refractivity contribution in [3.05, 3.63) is 64.6 Å². The Balaban J connectivity index is 1.58. The Kier molecular flexibility index (Phi) is 7.36. The minimum atomic E-state index is -0.357. The molecule has 0 atom stereocenters. The van der Waals surface area contributed by atoms with E-state index in [2.05, 4.69) is 5.32 Å². The van der Waals surface area contributed by atoms with Crippen LogP contribution in [0.3, 0.4) is 0 Å². The van der Waals surface area contributed by atoms with E-state index in [4.69, 9.17) is 9.47 Å². The fourth-order valence-corrected chi connectivity index (χ4v) is 3.80. The lowest BCUT2D eigenvalue weighted by atomic mass is 10.2. The molecule has 1 N–H and O–H groups in total. The number of rotatable bonds is 8. The Hall–Kier alpha value is -3.26. The summed E-state index contributed by atoms with van der Waals surface area (Å²) in [7, 11) is 1.51. The van der Waals surface area contributed by atoms with E-state index in [1.54, 1.807) is 24.3 Å². The molecule has 1 heterocycles. The minimum absolute atomic E-state index is 0.0252. The summed E-state index contributed by atoms with van der Waals surface area (Å²) < 4.78 is 10.9. The number of nitrogens with zero attached hydrogens (tertiary/aromatic N) is 1. The summed E-state index contributed by atoms with van der Waals surface area (Å²) in [5.74, 6) is 0.321. The average molecular weight is 441 g/mol. The zero-order chi connectivity index (χ0) is 22.4. The van der Waals surface area contributed by atoms with Crippen molar-refractivity contribution in [1.82, 2.24) is 10.2 Å². The number of carbonyl (C=O) groups is 3. The molecule has 8 heteroatoms. The van der Waals surface area contributed by atoms with Crippen LogP contribution in [0.25, 0.3) is 6.08 Å². The van der Waals surface area contributed by atoms with Gasteiger partial charge in [0.05, 0.1) is 18.1 Å². The molecule has 0 aromatic heterocycles. The molecule has 0 radical (unpaired) electrons. The highest BCUT2D eigenvalue weighted by Crippen LogP contribution is 2.32. The largest absolute Gasteiger partial charge is 0.493 e. The first-order valence-corrected chi connectivity index (χ1v) is 10.6. The lowest BCUT2D eigenvalue weighted by Crippen LogP contribution is -2.37. The number of methoxy groups -OCH3 is 1. The first kappa shape index (κ1) is 22.4. The van der Waals surface area contributed by atoms with E-state index in [-0.39, 0.29) is 36.2 Å². The maximum Gasteiger partial charge on any atom is 0.293 e. The highest BCUT2D eigenvalue weighted by molar-refractivity contribution is 8.18. The molecular formula is C23H24N2O5S. The molecule has 3 amide bonds. The summed E-state index contributed by atoms with van der Waals surface area (Å²) >= 11 is 0.899. The summed E-state index contributed by atoms with van der Waals surface area (Å²) in [6.45, 7) is 4.04. The molecular weight excluding hydrogens is 416 g/mol. The van der Waals surface area contributed by atoms with E-state index in [1.165, 1.54) is 7.11 Å². The van der Waals surface area contributed by atoms with Crippen LogP contribution in [0.1, 0.15) is 29.8 Å². The summed E-state index contributed by atoms with van der Waals surface area (Å²) in [6, 6.07) is 14.2. The normalized spacial score (nSPS) is 15.0. The maximum atomic E-state index is 12.5. The molecule has 31 heavy (non-hydrogen) atoms. The number of hydrogen-bond donors (Lipinski definition) is 1. The van der Waals surface area contributed by atoms with Gasteiger partial charge in [-0.3, -0.25) is 19.3 Å². The Morgan fingerprint density at radius 2 is 1.87 bits per heavy atom. The van der Waals surface area contributed by atoms with Crippen LogP contribution in [0.15, 0.2) is 53.4 Å². The van der Waals surface area contributed by atoms with Crippen LogP contribution in [0.2, 0.25) is 0 Å². The second-order valence-corrected chi connectivity index (χ2v) is 8.03. The number of ether oxygens (including phenoxy) is 2. The van der Waals surface area contributed by atoms with Gasteiger partial charge in [-0.1, -0.05) is 30.3 Å². The molecule has 1 saturated heterocycles. The lowest BCUT2D eigenvalue weighted by molar-refractivity contribution is -0.122. The monoisotopic (exact) mass is 440 g/mol. The van der Waals surface area contributed by atoms with E-state index in [9.17, 15) is 14.4 Å². The van der Waals surface area contributed by atoms with Gasteiger partial charge in [0.15, 0.2) is 11.5 Å². The van der Waals surface area contributed by atoms with Gasteiger partial charge in [0.2, 0.25) is 0 Å². The van der Waals surface area contributed by atoms with Crippen molar-refractivity contribution in [2.24, 2.45) is 0 Å². The molecule has 1 aliphatic heterocycles. The Bertz CT molecular complexity index is 1000. The van der Waals surface area contributed by atoms with Gasteiger partial charge in [0, 0.05) is 18.7 Å². The van der Waals surface area contributed by atoms with Gasteiger partial charge in [-0.05, 0) is 55.4 Å². The van der Waals surface area contributed by atoms with Crippen LogP contribution in [0.4, 0.5) is 4.79 Å². The van der Waals surface area contributed by atoms with Crippen LogP contribution < -0.4 is 14.8 Å². The smallest absolute Gasteiger partial charge is 0.293 e. The van der Waals surface area contributed by atoms with Crippen LogP contribution >= 0.6 is 11.8 Å². The summed E-state index contributed by atoms with van der Waals surface area (Å²) in [4.78, 5) is 38.8. The second kappa shape index (κ2) is 10.2. The van der Waals surface area contributed by atoms with Crippen molar-refractivity contribution in [1.29, 1.82) is 0 Å². The maximum absolute atomic E-state index is 12.5. The molecule has 7 nitrogen and oxygen atoms in total. The van der Waals surface area contributed by atoms with Crippen molar-refractivity contribution in [3.8, 4) is 11.5 Å². The Labute approximate surface area is 185 Å². The number of amides is 3. The van der Waals surface area contributed by atoms with Gasteiger partial charge in [-0.15, -0.1) is 0 Å². The standard InChI is InChI=1S/C23H24N2O5S/c1-15(2)30-18-10-9-17(14-19(18)29-3)21(26)24-11-12-25-22(27)20(31-23(25)28)13-16-7-5-4-6-8-16/h4-10,13-15H,11-12H2,1-3H3,(H,24,26)/b20-13+. The Morgan fingerprint density at radius 1 is 1.13 bits per heavy atom. The third-order valence-electron chi connectivity index (χ3n) is 4.38. The van der Waals surface area contributed by atoms with Gasteiger partial charge >= 0.3 is 0 Å². The number of nitrogens with one attached hydrogen (secondary N) is 1. The molecule has 2 aromatic rings. The lowest BCUT2D eigenvalue weighted by Gasteiger charge is -2.15. The number of imide groups is 1. The van der Waals surface area contributed by atoms with Crippen LogP contribution in [-0.2, 0) is 4.79 Å². The van der Waals surface area contributed by atoms with Crippen molar-refractivity contribution in [2.45, 2.75) is 20.0 Å². The molecule has 162 valence electrons. The predicted molar refractivity (Wildman–Crippen MR) is 120 cm³/mol. The molecule has 2 aromatic carbocycles. The van der Waals surface area contributed by atoms with E-state index in [0.717, 1.165) is 22.2 Å². The first-order chi connectivity index (χ1) is 14.9. The summed E-state index contributed by atoms with van der Waals surface area (Å²) in [5, 5.41) is 2.38. The molecule has 0 bridgehead atoms. The molecule has 1 aliphatic rings. The SMILES string of the molecule is COc1cc(C(=O)NCCN2C(=O)S/C(=C/c3ccccc3)C2=O)ccc1OC(C)C. The van der Waals surface area contributed by atoms with Crippen LogP contribution in [0, 0.1) is 0 Å². The summed E-state index contributed by atoms with van der Waals surface area (Å²) in [6.07, 6.45) is 1.67. The zero-order valence-electron chi connectivity index (χ0n) is 17.6. The van der Waals surface area contributed by atoms with Crippen molar-refractivity contribution < 1.29 is 23.9 Å². The topological polar surface area (TPSA) is 84.9 Å². The van der Waals surface area contributed by atoms with Gasteiger partial charge in [-0.2, -0.15) is 0 Å². The fourth-order valence-electron chi connectivity index (χ4n) is 2.94. The first-order valence-electron chi connectivity index (χ1n) is 9.82. The summed E-state index contributed by atoms with van der Waals surface area (Å²) in [5.41, 5.74) is 1.24. The number of thioether (sulfide) groups is 1. The molecule has 0 spiro atoms. The number of carbonyl (C=O) groups excluding carboxylic acids is 3. The van der Waals surface area contributed by atoms with Crippen molar-refractivity contribution >= 4 is 34.9 Å². The van der Waals surface area contributed by atoms with Gasteiger partial charge in [0.1, 0.15) is 0 Å². The predicted octanol–water partition coefficient (Wildman–Crippen LogP) is 3.95. The number of benzene rings is 2. The van der Waals surface area contributed by atoms with E-state index in [1.807, 2.05) is 44.2 Å². The van der Waals surface area contributed by atoms with Gasteiger partial charge < -0.3 is 14.8 Å². The van der Waals surface area contributed by atoms with Crippen molar-refractivity contribution in [3.63, 3.8) is 0 Å². The average Bonchev–Trinajstić information content (AvgIpc) is 3.01. The highest BCUT2D eigenvalue weighted by atomic mass is 32.2. The minimum Gasteiger partial charge on any atom is -0.493 e.